The summed E-state index contributed by atoms with van der Waals surface area (Å²) in [4.78, 5) is 17.7. The minimum absolute atomic E-state index is 0.149. The summed E-state index contributed by atoms with van der Waals surface area (Å²) in [6.07, 6.45) is 2.91. The van der Waals surface area contributed by atoms with Gasteiger partial charge in [0.15, 0.2) is 27.8 Å². The van der Waals surface area contributed by atoms with Crippen LogP contribution in [-0.2, 0) is 0 Å². The Kier molecular flexibility index (Phi) is 6.74. The number of nitrogens with zero attached hydrogens (tertiary/aromatic N) is 9. The van der Waals surface area contributed by atoms with Gasteiger partial charge in [-0.2, -0.15) is 5.10 Å². The van der Waals surface area contributed by atoms with Gasteiger partial charge in [0.2, 0.25) is 0 Å². The zero-order chi connectivity index (χ0) is 26.8. The molecular weight excluding hydrogens is 534 g/mol. The monoisotopic (exact) mass is 553 g/mol. The summed E-state index contributed by atoms with van der Waals surface area (Å²) in [6.45, 7) is 1.92. The molecule has 1 unspecified atom stereocenters. The standard InChI is InChI=1S/C27H20ClN9OS/c1-18-23(31-34-37(18)22-10-6-3-7-11-22)25-32-33-27(36(25)21-14-12-20(28)13-15-21)39-26(35-17-29-16-30-35)24(38)19-8-4-2-5-9-19/h2-17,26H,1H3. The van der Waals surface area contributed by atoms with Gasteiger partial charge in [0.05, 0.1) is 11.4 Å². The lowest BCUT2D eigenvalue weighted by Gasteiger charge is -2.16. The fourth-order valence-electron chi connectivity index (χ4n) is 4.08. The summed E-state index contributed by atoms with van der Waals surface area (Å²) in [5.74, 6) is 0.327. The van der Waals surface area contributed by atoms with Crippen molar-refractivity contribution in [2.75, 3.05) is 0 Å². The highest BCUT2D eigenvalue weighted by Gasteiger charge is 2.29. The summed E-state index contributed by atoms with van der Waals surface area (Å²) >= 11 is 7.40. The molecule has 0 N–H and O–H groups in total. The molecule has 192 valence electrons. The van der Waals surface area contributed by atoms with Crippen LogP contribution < -0.4 is 0 Å². The number of halogens is 1. The van der Waals surface area contributed by atoms with Gasteiger partial charge in [-0.05, 0) is 43.3 Å². The van der Waals surface area contributed by atoms with Crippen molar-refractivity contribution < 1.29 is 4.79 Å². The molecule has 3 aromatic carbocycles. The maximum Gasteiger partial charge on any atom is 0.198 e. The highest BCUT2D eigenvalue weighted by atomic mass is 35.5. The number of carbonyl (C=O) groups is 1. The van der Waals surface area contributed by atoms with Gasteiger partial charge >= 0.3 is 0 Å². The average Bonchev–Trinajstić information content (AvgIpc) is 3.73. The maximum atomic E-state index is 13.6. The van der Waals surface area contributed by atoms with E-state index >= 15 is 0 Å². The van der Waals surface area contributed by atoms with Gasteiger partial charge in [0.1, 0.15) is 12.7 Å². The molecule has 12 heteroatoms. The number of hydrogen-bond donors (Lipinski definition) is 0. The summed E-state index contributed by atoms with van der Waals surface area (Å²) in [6, 6.07) is 26.1. The van der Waals surface area contributed by atoms with Gasteiger partial charge in [-0.3, -0.25) is 9.36 Å². The quantitative estimate of drug-likeness (QED) is 0.186. The molecule has 0 aliphatic heterocycles. The van der Waals surface area contributed by atoms with Crippen LogP contribution in [0.25, 0.3) is 22.9 Å². The molecule has 0 amide bonds. The Balaban J connectivity index is 1.47. The topological polar surface area (TPSA) is 109 Å². The minimum Gasteiger partial charge on any atom is -0.291 e. The van der Waals surface area contributed by atoms with Crippen LogP contribution in [0.3, 0.4) is 0 Å². The molecule has 6 aromatic rings. The first kappa shape index (κ1) is 24.7. The Labute approximate surface area is 232 Å². The van der Waals surface area contributed by atoms with E-state index in [1.807, 2.05) is 72.2 Å². The van der Waals surface area contributed by atoms with Crippen molar-refractivity contribution in [1.29, 1.82) is 0 Å². The van der Waals surface area contributed by atoms with Crippen LogP contribution in [0.5, 0.6) is 0 Å². The van der Waals surface area contributed by atoms with Crippen molar-refractivity contribution >= 4 is 29.1 Å². The predicted molar refractivity (Wildman–Crippen MR) is 147 cm³/mol. The molecule has 0 spiro atoms. The zero-order valence-corrected chi connectivity index (χ0v) is 22.1. The molecule has 0 radical (unpaired) electrons. The third-order valence-corrected chi connectivity index (χ3v) is 7.38. The number of ketones is 1. The molecule has 0 fully saturated rings. The minimum atomic E-state index is -0.779. The van der Waals surface area contributed by atoms with Crippen molar-refractivity contribution in [3.8, 4) is 22.9 Å². The van der Waals surface area contributed by atoms with Gasteiger partial charge in [-0.25, -0.2) is 14.3 Å². The van der Waals surface area contributed by atoms with E-state index < -0.39 is 5.37 Å². The molecule has 0 aliphatic rings. The van der Waals surface area contributed by atoms with Crippen LogP contribution in [0.2, 0.25) is 5.02 Å². The van der Waals surface area contributed by atoms with Crippen LogP contribution in [-0.4, -0.2) is 50.3 Å². The van der Waals surface area contributed by atoms with Crippen LogP contribution in [0.15, 0.2) is 103 Å². The lowest BCUT2D eigenvalue weighted by atomic mass is 10.1. The summed E-state index contributed by atoms with van der Waals surface area (Å²) in [5, 5.41) is 22.3. The van der Waals surface area contributed by atoms with Crippen molar-refractivity contribution in [3.63, 3.8) is 0 Å². The van der Waals surface area contributed by atoms with E-state index in [2.05, 4.69) is 30.6 Å². The SMILES string of the molecule is Cc1c(-c2nnc(SC(C(=O)c3ccccc3)n3cncn3)n2-c2ccc(Cl)cc2)nnn1-c1ccccc1. The Hall–Kier alpha value is -4.61. The number of aromatic nitrogens is 9. The van der Waals surface area contributed by atoms with E-state index in [-0.39, 0.29) is 5.78 Å². The van der Waals surface area contributed by atoms with Crippen molar-refractivity contribution in [3.05, 3.63) is 114 Å². The van der Waals surface area contributed by atoms with Crippen molar-refractivity contribution in [2.45, 2.75) is 17.5 Å². The van der Waals surface area contributed by atoms with Crippen molar-refractivity contribution in [1.82, 2.24) is 44.5 Å². The molecule has 0 saturated carbocycles. The molecule has 0 aliphatic carbocycles. The number of thioether (sulfide) groups is 1. The highest BCUT2D eigenvalue weighted by molar-refractivity contribution is 7.99. The smallest absolute Gasteiger partial charge is 0.198 e. The van der Waals surface area contributed by atoms with E-state index in [0.29, 0.717) is 27.3 Å². The van der Waals surface area contributed by atoms with E-state index in [1.54, 1.807) is 28.9 Å². The molecule has 1 atom stereocenters. The van der Waals surface area contributed by atoms with Gasteiger partial charge < -0.3 is 0 Å². The van der Waals surface area contributed by atoms with Gasteiger partial charge in [-0.15, -0.1) is 15.3 Å². The Bertz CT molecular complexity index is 1720. The first-order chi connectivity index (χ1) is 19.1. The number of rotatable bonds is 8. The second kappa shape index (κ2) is 10.6. The normalized spacial score (nSPS) is 11.9. The Morgan fingerprint density at radius 1 is 0.872 bits per heavy atom. The molecule has 3 aromatic heterocycles. The maximum absolute atomic E-state index is 13.6. The molecule has 0 saturated heterocycles. The molecule has 3 heterocycles. The van der Waals surface area contributed by atoms with Crippen LogP contribution in [0.1, 0.15) is 21.4 Å². The summed E-state index contributed by atoms with van der Waals surface area (Å²) in [7, 11) is 0. The summed E-state index contributed by atoms with van der Waals surface area (Å²) < 4.78 is 5.10. The lowest BCUT2D eigenvalue weighted by molar-refractivity contribution is 0.0962. The third-order valence-electron chi connectivity index (χ3n) is 6.00. The average molecular weight is 554 g/mol. The second-order valence-electron chi connectivity index (χ2n) is 8.46. The first-order valence-electron chi connectivity index (χ1n) is 11.9. The second-order valence-corrected chi connectivity index (χ2v) is 9.95. The van der Waals surface area contributed by atoms with Crippen molar-refractivity contribution in [2.24, 2.45) is 0 Å². The third kappa shape index (κ3) is 4.85. The number of benzene rings is 3. The number of Topliss-reactive ketones (excluding diaryl/α,β-unsaturated/α-hetero) is 1. The van der Waals surface area contributed by atoms with Crippen LogP contribution >= 0.6 is 23.4 Å². The van der Waals surface area contributed by atoms with E-state index in [9.17, 15) is 4.79 Å². The van der Waals surface area contributed by atoms with Gasteiger partial charge in [0.25, 0.3) is 0 Å². The Morgan fingerprint density at radius 3 is 2.28 bits per heavy atom. The Morgan fingerprint density at radius 2 is 1.59 bits per heavy atom. The molecular formula is C27H20ClN9OS. The first-order valence-corrected chi connectivity index (χ1v) is 13.2. The fourth-order valence-corrected chi connectivity index (χ4v) is 5.25. The molecule has 0 bridgehead atoms. The molecule has 6 rings (SSSR count). The number of hydrogen-bond acceptors (Lipinski definition) is 8. The largest absolute Gasteiger partial charge is 0.291 e. The predicted octanol–water partition coefficient (Wildman–Crippen LogP) is 5.24. The van der Waals surface area contributed by atoms with Crippen LogP contribution in [0.4, 0.5) is 0 Å². The fraction of sp³-hybridized carbons (Fsp3) is 0.0741. The zero-order valence-electron chi connectivity index (χ0n) is 20.5. The van der Waals surface area contributed by atoms with E-state index in [4.69, 9.17) is 11.6 Å². The van der Waals surface area contributed by atoms with Crippen LogP contribution in [0, 0.1) is 6.92 Å². The highest BCUT2D eigenvalue weighted by Crippen LogP contribution is 2.36. The number of carbonyl (C=O) groups excluding carboxylic acids is 1. The van der Waals surface area contributed by atoms with E-state index in [0.717, 1.165) is 17.1 Å². The van der Waals surface area contributed by atoms with E-state index in [1.165, 1.54) is 29.1 Å². The molecule has 39 heavy (non-hydrogen) atoms. The number of para-hydroxylation sites is 1. The van der Waals surface area contributed by atoms with Gasteiger partial charge in [0, 0.05) is 16.3 Å². The summed E-state index contributed by atoms with van der Waals surface area (Å²) in [5.41, 5.74) is 3.51. The lowest BCUT2D eigenvalue weighted by Crippen LogP contribution is -2.18. The molecule has 10 nitrogen and oxygen atoms in total. The van der Waals surface area contributed by atoms with Gasteiger partial charge in [-0.1, -0.05) is 77.1 Å².